The van der Waals surface area contributed by atoms with Crippen LogP contribution in [0.4, 0.5) is 13.2 Å². The number of rotatable bonds is 3. The van der Waals surface area contributed by atoms with Gasteiger partial charge in [-0.15, -0.1) is 11.3 Å². The van der Waals surface area contributed by atoms with E-state index in [4.69, 9.17) is 0 Å². The predicted molar refractivity (Wildman–Crippen MR) is 50.0 cm³/mol. The first kappa shape index (κ1) is 11.1. The van der Waals surface area contributed by atoms with Gasteiger partial charge in [0.2, 0.25) is 0 Å². The molecule has 1 aromatic rings. The third-order valence-electron chi connectivity index (χ3n) is 1.46. The first-order valence-electron chi connectivity index (χ1n) is 3.98. The van der Waals surface area contributed by atoms with Crippen molar-refractivity contribution in [1.82, 2.24) is 0 Å². The van der Waals surface area contributed by atoms with E-state index >= 15 is 0 Å². The van der Waals surface area contributed by atoms with Crippen molar-refractivity contribution in [3.05, 3.63) is 28.7 Å². The van der Waals surface area contributed by atoms with Crippen LogP contribution >= 0.6 is 11.3 Å². The van der Waals surface area contributed by atoms with Gasteiger partial charge in [0.05, 0.1) is 12.9 Å². The lowest BCUT2D eigenvalue weighted by Gasteiger charge is -2.09. The Morgan fingerprint density at radius 1 is 1.57 bits per heavy atom. The van der Waals surface area contributed by atoms with E-state index in [0.717, 1.165) is 17.6 Å². The Bertz CT molecular complexity index is 300. The van der Waals surface area contributed by atoms with E-state index < -0.39 is 11.7 Å². The number of alkyl halides is 3. The van der Waals surface area contributed by atoms with E-state index in [-0.39, 0.29) is 11.5 Å². The van der Waals surface area contributed by atoms with Gasteiger partial charge in [0, 0.05) is 4.88 Å². The molecule has 0 N–H and O–H groups in total. The molecule has 0 bridgehead atoms. The molecule has 0 radical (unpaired) electrons. The van der Waals surface area contributed by atoms with Crippen molar-refractivity contribution >= 4 is 16.9 Å². The van der Waals surface area contributed by atoms with Gasteiger partial charge in [-0.05, 0) is 18.4 Å². The highest BCUT2D eigenvalue weighted by molar-refractivity contribution is 7.11. The van der Waals surface area contributed by atoms with Gasteiger partial charge in [0.25, 0.3) is 0 Å². The summed E-state index contributed by atoms with van der Waals surface area (Å²) in [4.78, 5) is 0.172. The highest BCUT2D eigenvalue weighted by Gasteiger charge is 2.35. The molecule has 0 fully saturated rings. The van der Waals surface area contributed by atoms with Crippen molar-refractivity contribution in [2.24, 2.45) is 0 Å². The largest absolute Gasteiger partial charge is 0.501 e. The zero-order valence-electron chi connectivity index (χ0n) is 7.47. The smallest absolute Gasteiger partial charge is 0.420 e. The molecule has 0 saturated heterocycles. The quantitative estimate of drug-likeness (QED) is 0.709. The van der Waals surface area contributed by atoms with Gasteiger partial charge in [-0.2, -0.15) is 13.2 Å². The van der Waals surface area contributed by atoms with E-state index in [1.807, 2.05) is 0 Å². The van der Waals surface area contributed by atoms with Crippen LogP contribution < -0.4 is 0 Å². The summed E-state index contributed by atoms with van der Waals surface area (Å²) >= 11 is 1.04. The normalized spacial score (nSPS) is 13.0. The van der Waals surface area contributed by atoms with Crippen molar-refractivity contribution in [3.8, 4) is 0 Å². The van der Waals surface area contributed by atoms with E-state index in [1.165, 1.54) is 6.07 Å². The van der Waals surface area contributed by atoms with Gasteiger partial charge in [0.1, 0.15) is 5.57 Å². The van der Waals surface area contributed by atoms with Crippen LogP contribution in [-0.4, -0.2) is 12.8 Å². The Morgan fingerprint density at radius 3 is 2.71 bits per heavy atom. The minimum absolute atomic E-state index is 0.172. The summed E-state index contributed by atoms with van der Waals surface area (Å²) in [7, 11) is 0. The summed E-state index contributed by atoms with van der Waals surface area (Å²) in [5, 5.41) is 1.60. The molecule has 1 heterocycles. The lowest BCUT2D eigenvalue weighted by atomic mass is 10.2. The molecular formula is C9H9F3OS. The van der Waals surface area contributed by atoms with Crippen LogP contribution in [0.25, 0.3) is 5.57 Å². The zero-order chi connectivity index (χ0) is 10.6. The molecule has 1 aromatic heterocycles. The fraction of sp³-hybridized carbons (Fsp3) is 0.333. The first-order valence-corrected chi connectivity index (χ1v) is 4.86. The fourth-order valence-electron chi connectivity index (χ4n) is 0.863. The molecular weight excluding hydrogens is 213 g/mol. The second kappa shape index (κ2) is 4.50. The number of hydrogen-bond acceptors (Lipinski definition) is 2. The Balaban J connectivity index is 2.95. The number of allylic oxidation sites excluding steroid dienone is 1. The van der Waals surface area contributed by atoms with Crippen molar-refractivity contribution in [2.75, 3.05) is 6.61 Å². The third kappa shape index (κ3) is 2.77. The molecule has 0 unspecified atom stereocenters. The van der Waals surface area contributed by atoms with Crippen molar-refractivity contribution in [3.63, 3.8) is 0 Å². The minimum Gasteiger partial charge on any atom is -0.501 e. The van der Waals surface area contributed by atoms with E-state index in [1.54, 1.807) is 18.4 Å². The molecule has 0 aliphatic rings. The second-order valence-electron chi connectivity index (χ2n) is 2.46. The molecule has 14 heavy (non-hydrogen) atoms. The van der Waals surface area contributed by atoms with Crippen LogP contribution in [-0.2, 0) is 4.74 Å². The fourth-order valence-corrected chi connectivity index (χ4v) is 1.61. The zero-order valence-corrected chi connectivity index (χ0v) is 8.28. The molecule has 0 atom stereocenters. The van der Waals surface area contributed by atoms with Gasteiger partial charge in [-0.25, -0.2) is 0 Å². The average molecular weight is 222 g/mol. The monoisotopic (exact) mass is 222 g/mol. The van der Waals surface area contributed by atoms with Crippen LogP contribution in [0.1, 0.15) is 11.8 Å². The molecule has 1 nitrogen and oxygen atoms in total. The average Bonchev–Trinajstić information content (AvgIpc) is 2.55. The maximum absolute atomic E-state index is 12.5. The molecule has 0 amide bonds. The van der Waals surface area contributed by atoms with Crippen LogP contribution in [0.3, 0.4) is 0 Å². The SMILES string of the molecule is CCO/C=C(/c1cccs1)C(F)(F)F. The maximum atomic E-state index is 12.5. The van der Waals surface area contributed by atoms with E-state index in [2.05, 4.69) is 4.74 Å². The Kier molecular flexibility index (Phi) is 3.57. The summed E-state index contributed by atoms with van der Waals surface area (Å²) in [6, 6.07) is 2.99. The van der Waals surface area contributed by atoms with Gasteiger partial charge < -0.3 is 4.74 Å². The highest BCUT2D eigenvalue weighted by atomic mass is 32.1. The molecule has 5 heteroatoms. The van der Waals surface area contributed by atoms with Crippen molar-refractivity contribution in [2.45, 2.75) is 13.1 Å². The highest BCUT2D eigenvalue weighted by Crippen LogP contribution is 2.35. The molecule has 0 aliphatic heterocycles. The number of hydrogen-bond donors (Lipinski definition) is 0. The topological polar surface area (TPSA) is 9.23 Å². The summed E-state index contributed by atoms with van der Waals surface area (Å²) in [5.74, 6) is 0. The second-order valence-corrected chi connectivity index (χ2v) is 3.41. The molecule has 0 spiro atoms. The molecule has 1 rings (SSSR count). The summed E-state index contributed by atoms with van der Waals surface area (Å²) < 4.78 is 42.1. The van der Waals surface area contributed by atoms with Crippen LogP contribution in [0.15, 0.2) is 23.8 Å². The van der Waals surface area contributed by atoms with Gasteiger partial charge in [-0.3, -0.25) is 0 Å². The predicted octanol–water partition coefficient (Wildman–Crippen LogP) is 3.69. The lowest BCUT2D eigenvalue weighted by Crippen LogP contribution is -2.10. The molecule has 78 valence electrons. The van der Waals surface area contributed by atoms with E-state index in [0.29, 0.717) is 0 Å². The first-order chi connectivity index (χ1) is 6.55. The Hall–Kier alpha value is -0.970. The van der Waals surface area contributed by atoms with Crippen molar-refractivity contribution in [1.29, 1.82) is 0 Å². The Morgan fingerprint density at radius 2 is 2.29 bits per heavy atom. The van der Waals surface area contributed by atoms with Gasteiger partial charge >= 0.3 is 6.18 Å². The lowest BCUT2D eigenvalue weighted by molar-refractivity contribution is -0.0700. The van der Waals surface area contributed by atoms with Crippen LogP contribution in [0.5, 0.6) is 0 Å². The van der Waals surface area contributed by atoms with Crippen LogP contribution in [0.2, 0.25) is 0 Å². The van der Waals surface area contributed by atoms with Crippen molar-refractivity contribution < 1.29 is 17.9 Å². The van der Waals surface area contributed by atoms with Gasteiger partial charge in [0.15, 0.2) is 0 Å². The summed E-state index contributed by atoms with van der Waals surface area (Å²) in [6.07, 6.45) is -3.59. The summed E-state index contributed by atoms with van der Waals surface area (Å²) in [5.41, 5.74) is -0.727. The minimum atomic E-state index is -4.36. The maximum Gasteiger partial charge on any atom is 0.420 e. The van der Waals surface area contributed by atoms with Gasteiger partial charge in [-0.1, -0.05) is 6.07 Å². The van der Waals surface area contributed by atoms with E-state index in [9.17, 15) is 13.2 Å². The number of ether oxygens (including phenoxy) is 1. The standard InChI is InChI=1S/C9H9F3OS/c1-2-13-6-7(9(10,11)12)8-4-3-5-14-8/h3-6H,2H2,1H3/b7-6-. The molecule has 0 aliphatic carbocycles. The molecule has 0 aromatic carbocycles. The third-order valence-corrected chi connectivity index (χ3v) is 2.36. The number of thiophene rings is 1. The summed E-state index contributed by atoms with van der Waals surface area (Å²) in [6.45, 7) is 1.86. The Labute approximate surface area is 83.8 Å². The number of halogens is 3. The van der Waals surface area contributed by atoms with Crippen LogP contribution in [0, 0.1) is 0 Å². The molecule has 0 saturated carbocycles.